The van der Waals surface area contributed by atoms with Crippen LogP contribution in [-0.4, -0.2) is 24.0 Å². The van der Waals surface area contributed by atoms with Crippen LogP contribution in [0.5, 0.6) is 0 Å². The second-order valence-corrected chi connectivity index (χ2v) is 7.54. The van der Waals surface area contributed by atoms with Gasteiger partial charge in [-0.3, -0.25) is 4.79 Å². The van der Waals surface area contributed by atoms with E-state index >= 15 is 0 Å². The molecular weight excluding hydrogens is 334 g/mol. The fourth-order valence-electron chi connectivity index (χ4n) is 4.09. The fraction of sp³-hybridized carbons (Fsp3) is 0.348. The van der Waals surface area contributed by atoms with E-state index in [2.05, 4.69) is 46.7 Å². The molecule has 1 aliphatic heterocycles. The molecule has 1 fully saturated rings. The molecule has 1 saturated heterocycles. The van der Waals surface area contributed by atoms with E-state index in [1.54, 1.807) is 4.90 Å². The van der Waals surface area contributed by atoms with Crippen LogP contribution in [0.4, 0.5) is 0 Å². The first kappa shape index (κ1) is 17.8. The minimum absolute atomic E-state index is 0.114. The van der Waals surface area contributed by atoms with Gasteiger partial charge in [0.25, 0.3) is 0 Å². The minimum Gasteiger partial charge on any atom is -0.361 e. The molecule has 4 heteroatoms. The Balaban J connectivity index is 1.31. The maximum atomic E-state index is 12.4. The van der Waals surface area contributed by atoms with Gasteiger partial charge in [0.05, 0.1) is 13.1 Å². The summed E-state index contributed by atoms with van der Waals surface area (Å²) in [5, 5.41) is 4.33. The van der Waals surface area contributed by atoms with Crippen molar-refractivity contribution in [3.8, 4) is 0 Å². The zero-order valence-electron chi connectivity index (χ0n) is 15.8. The first-order chi connectivity index (χ1) is 13.3. The van der Waals surface area contributed by atoms with Gasteiger partial charge in [0.15, 0.2) is 0 Å². The third-order valence-electron chi connectivity index (χ3n) is 5.64. The Kier molecular flexibility index (Phi) is 5.54. The number of para-hydroxylation sites is 1. The van der Waals surface area contributed by atoms with Crippen LogP contribution in [0, 0.1) is 0 Å². The van der Waals surface area contributed by atoms with Gasteiger partial charge in [-0.1, -0.05) is 42.5 Å². The maximum Gasteiger partial charge on any atom is 0.220 e. The van der Waals surface area contributed by atoms with Crippen molar-refractivity contribution in [2.24, 2.45) is 0 Å². The number of H-pyrrole nitrogens is 1. The quantitative estimate of drug-likeness (QED) is 0.594. The van der Waals surface area contributed by atoms with Crippen molar-refractivity contribution >= 4 is 16.8 Å². The van der Waals surface area contributed by atoms with Gasteiger partial charge in [-0.05, 0) is 23.6 Å². The summed E-state index contributed by atoms with van der Waals surface area (Å²) in [6, 6.07) is 16.8. The zero-order chi connectivity index (χ0) is 18.5. The van der Waals surface area contributed by atoms with Gasteiger partial charge in [0.1, 0.15) is 6.54 Å². The Bertz CT molecular complexity index is 909. The van der Waals surface area contributed by atoms with Gasteiger partial charge in [-0.25, -0.2) is 0 Å². The lowest BCUT2D eigenvalue weighted by Crippen LogP contribution is -3.08. The van der Waals surface area contributed by atoms with Crippen LogP contribution in [0.2, 0.25) is 0 Å². The third-order valence-corrected chi connectivity index (χ3v) is 5.64. The van der Waals surface area contributed by atoms with E-state index < -0.39 is 0 Å². The summed E-state index contributed by atoms with van der Waals surface area (Å²) in [5.41, 5.74) is 4.95. The molecule has 0 unspecified atom stereocenters. The highest BCUT2D eigenvalue weighted by Crippen LogP contribution is 2.19. The number of carbonyl (C=O) groups excluding carboxylic acids is 1. The molecule has 140 valence electrons. The second-order valence-electron chi connectivity index (χ2n) is 7.54. The number of fused-ring (bicyclic) bond motifs is 1. The molecule has 0 bridgehead atoms. The Morgan fingerprint density at radius 2 is 1.70 bits per heavy atom. The van der Waals surface area contributed by atoms with Gasteiger partial charge < -0.3 is 15.2 Å². The van der Waals surface area contributed by atoms with E-state index in [-0.39, 0.29) is 5.91 Å². The van der Waals surface area contributed by atoms with Crippen molar-refractivity contribution in [1.82, 2.24) is 10.3 Å². The van der Waals surface area contributed by atoms with Crippen molar-refractivity contribution < 1.29 is 9.69 Å². The molecule has 3 aromatic rings. The van der Waals surface area contributed by atoms with Crippen LogP contribution in [0.15, 0.2) is 54.7 Å². The Morgan fingerprint density at radius 1 is 0.963 bits per heavy atom. The highest BCUT2D eigenvalue weighted by atomic mass is 16.1. The van der Waals surface area contributed by atoms with Crippen LogP contribution in [0.1, 0.15) is 36.0 Å². The molecule has 0 aliphatic carbocycles. The third kappa shape index (κ3) is 4.40. The van der Waals surface area contributed by atoms with Crippen molar-refractivity contribution in [2.45, 2.75) is 38.8 Å². The van der Waals surface area contributed by atoms with Crippen LogP contribution >= 0.6 is 0 Å². The summed E-state index contributed by atoms with van der Waals surface area (Å²) in [6.07, 6.45) is 5.97. The van der Waals surface area contributed by atoms with Gasteiger partial charge in [-0.2, -0.15) is 0 Å². The Hall–Kier alpha value is -2.59. The lowest BCUT2D eigenvalue weighted by molar-refractivity contribution is -0.901. The van der Waals surface area contributed by atoms with Crippen LogP contribution < -0.4 is 10.2 Å². The number of aromatic nitrogens is 1. The number of quaternary nitrogens is 1. The molecule has 1 aliphatic rings. The molecule has 4 nitrogen and oxygen atoms in total. The number of likely N-dealkylation sites (tertiary alicyclic amines) is 1. The van der Waals surface area contributed by atoms with E-state index in [9.17, 15) is 4.79 Å². The highest BCUT2D eigenvalue weighted by Gasteiger charge is 2.17. The molecule has 3 N–H and O–H groups in total. The topological polar surface area (TPSA) is 49.3 Å². The average Bonchev–Trinajstić information content (AvgIpc) is 3.35. The zero-order valence-corrected chi connectivity index (χ0v) is 15.8. The first-order valence-corrected chi connectivity index (χ1v) is 10.0. The summed E-state index contributed by atoms with van der Waals surface area (Å²) in [5.74, 6) is 0.114. The molecule has 1 aromatic heterocycles. The van der Waals surface area contributed by atoms with E-state index in [4.69, 9.17) is 0 Å². The number of nitrogens with one attached hydrogen (secondary N) is 3. The van der Waals surface area contributed by atoms with Crippen molar-refractivity contribution in [3.05, 3.63) is 71.4 Å². The van der Waals surface area contributed by atoms with Crippen molar-refractivity contribution in [2.75, 3.05) is 13.1 Å². The molecule has 0 spiro atoms. The molecule has 2 heterocycles. The predicted octanol–water partition coefficient (Wildman–Crippen LogP) is 2.60. The summed E-state index contributed by atoms with van der Waals surface area (Å²) < 4.78 is 0. The lowest BCUT2D eigenvalue weighted by atomic mass is 10.1. The number of aryl methyl sites for hydroxylation is 1. The predicted molar refractivity (Wildman–Crippen MR) is 109 cm³/mol. The molecule has 2 aromatic carbocycles. The number of hydrogen-bond acceptors (Lipinski definition) is 1. The number of amides is 1. The molecule has 1 amide bonds. The standard InChI is InChI=1S/C23H27N3O/c27-23(12-11-19-16-24-22-10-4-3-9-21(19)22)25-15-18-7-1-2-8-20(18)17-26-13-5-6-14-26/h1-4,7-10,16,24H,5-6,11-15,17H2,(H,25,27)/p+1. The largest absolute Gasteiger partial charge is 0.361 e. The lowest BCUT2D eigenvalue weighted by Gasteiger charge is -2.15. The van der Waals surface area contributed by atoms with E-state index in [1.807, 2.05) is 18.3 Å². The molecule has 0 atom stereocenters. The van der Waals surface area contributed by atoms with E-state index in [0.717, 1.165) is 18.5 Å². The molecule has 0 radical (unpaired) electrons. The Morgan fingerprint density at radius 3 is 2.56 bits per heavy atom. The average molecular weight is 362 g/mol. The van der Waals surface area contributed by atoms with Gasteiger partial charge in [-0.15, -0.1) is 0 Å². The van der Waals surface area contributed by atoms with Crippen molar-refractivity contribution in [1.29, 1.82) is 0 Å². The number of aromatic amines is 1. The molecule has 27 heavy (non-hydrogen) atoms. The minimum atomic E-state index is 0.114. The van der Waals surface area contributed by atoms with E-state index in [0.29, 0.717) is 13.0 Å². The smallest absolute Gasteiger partial charge is 0.220 e. The van der Waals surface area contributed by atoms with Gasteiger partial charge >= 0.3 is 0 Å². The number of carbonyl (C=O) groups is 1. The number of rotatable bonds is 7. The Labute approximate surface area is 160 Å². The number of hydrogen-bond donors (Lipinski definition) is 3. The van der Waals surface area contributed by atoms with Gasteiger partial charge in [0, 0.05) is 48.5 Å². The van der Waals surface area contributed by atoms with E-state index in [1.165, 1.54) is 48.0 Å². The maximum absolute atomic E-state index is 12.4. The fourth-order valence-corrected chi connectivity index (χ4v) is 4.09. The molecule has 4 rings (SSSR count). The number of benzene rings is 2. The van der Waals surface area contributed by atoms with Crippen molar-refractivity contribution in [3.63, 3.8) is 0 Å². The molecule has 0 saturated carbocycles. The van der Waals surface area contributed by atoms with Crippen LogP contribution in [-0.2, 0) is 24.3 Å². The normalized spacial score (nSPS) is 14.7. The molecular formula is C23H28N3O+. The highest BCUT2D eigenvalue weighted by molar-refractivity contribution is 5.84. The van der Waals surface area contributed by atoms with Crippen LogP contribution in [0.25, 0.3) is 10.9 Å². The van der Waals surface area contributed by atoms with Crippen LogP contribution in [0.3, 0.4) is 0 Å². The summed E-state index contributed by atoms with van der Waals surface area (Å²) in [6.45, 7) is 4.23. The second kappa shape index (κ2) is 8.40. The van der Waals surface area contributed by atoms with Gasteiger partial charge in [0.2, 0.25) is 5.91 Å². The summed E-state index contributed by atoms with van der Waals surface area (Å²) in [4.78, 5) is 17.3. The first-order valence-electron chi connectivity index (χ1n) is 10.0. The SMILES string of the molecule is O=C(CCc1c[nH]c2ccccc12)NCc1ccccc1C[NH+]1CCCC1. The summed E-state index contributed by atoms with van der Waals surface area (Å²) in [7, 11) is 0. The monoisotopic (exact) mass is 362 g/mol. The summed E-state index contributed by atoms with van der Waals surface area (Å²) >= 11 is 0.